The molecule has 20 heavy (non-hydrogen) atoms. The third kappa shape index (κ3) is 5.68. The van der Waals surface area contributed by atoms with Crippen LogP contribution < -0.4 is 5.32 Å². The highest BCUT2D eigenvalue weighted by Crippen LogP contribution is 2.38. The summed E-state index contributed by atoms with van der Waals surface area (Å²) in [7, 11) is 3.57. The van der Waals surface area contributed by atoms with Crippen molar-refractivity contribution in [2.24, 2.45) is 5.41 Å². The number of hydrogen-bond acceptors (Lipinski definition) is 4. The van der Waals surface area contributed by atoms with Gasteiger partial charge in [-0.1, -0.05) is 19.8 Å². The Labute approximate surface area is 125 Å². The third-order valence-electron chi connectivity index (χ3n) is 4.57. The highest BCUT2D eigenvalue weighted by atomic mass is 16.5. The Morgan fingerprint density at radius 3 is 2.45 bits per heavy atom. The monoisotopic (exact) mass is 286 g/mol. The molecule has 4 nitrogen and oxygen atoms in total. The molecule has 0 heterocycles. The second-order valence-electron chi connectivity index (χ2n) is 6.26. The summed E-state index contributed by atoms with van der Waals surface area (Å²) in [6.07, 6.45) is 5.46. The topological polar surface area (TPSA) is 33.7 Å². The normalized spacial score (nSPS) is 19.6. The Kier molecular flexibility index (Phi) is 8.69. The molecule has 1 aliphatic rings. The Morgan fingerprint density at radius 1 is 1.20 bits per heavy atom. The molecule has 0 aliphatic heterocycles. The largest absolute Gasteiger partial charge is 0.383 e. The van der Waals surface area contributed by atoms with Crippen LogP contribution in [0.2, 0.25) is 0 Å². The first-order chi connectivity index (χ1) is 9.67. The summed E-state index contributed by atoms with van der Waals surface area (Å²) in [6, 6.07) is 0.453. The molecule has 1 atom stereocenters. The Morgan fingerprint density at radius 2 is 1.90 bits per heavy atom. The zero-order valence-electron chi connectivity index (χ0n) is 13.9. The maximum absolute atomic E-state index is 5.34. The summed E-state index contributed by atoms with van der Waals surface area (Å²) < 4.78 is 10.6. The molecular formula is C16H34N2O2. The second-order valence-corrected chi connectivity index (χ2v) is 6.26. The first-order valence-electron chi connectivity index (χ1n) is 8.10. The van der Waals surface area contributed by atoms with Crippen LogP contribution in [-0.4, -0.2) is 64.6 Å². The first-order valence-corrected chi connectivity index (χ1v) is 8.10. The fourth-order valence-corrected chi connectivity index (χ4v) is 3.35. The standard InChI is InChI=1S/C16H34N2O2/c1-5-17-13-16(8-6-7-9-16)14-18(10-11-19-3)15(2)12-20-4/h15,17H,5-14H2,1-4H3. The van der Waals surface area contributed by atoms with E-state index in [2.05, 4.69) is 24.1 Å². The molecule has 0 aromatic rings. The van der Waals surface area contributed by atoms with Gasteiger partial charge in [-0.2, -0.15) is 0 Å². The minimum absolute atomic E-state index is 0.450. The molecule has 4 heteroatoms. The van der Waals surface area contributed by atoms with Crippen LogP contribution in [0.25, 0.3) is 0 Å². The molecule has 1 N–H and O–H groups in total. The van der Waals surface area contributed by atoms with E-state index in [1.165, 1.54) is 25.7 Å². The van der Waals surface area contributed by atoms with Gasteiger partial charge < -0.3 is 14.8 Å². The highest BCUT2D eigenvalue weighted by Gasteiger charge is 2.36. The minimum Gasteiger partial charge on any atom is -0.383 e. The Hall–Kier alpha value is -0.160. The zero-order valence-corrected chi connectivity index (χ0v) is 13.9. The molecule has 0 radical (unpaired) electrons. The van der Waals surface area contributed by atoms with E-state index in [0.29, 0.717) is 11.5 Å². The van der Waals surface area contributed by atoms with E-state index in [4.69, 9.17) is 9.47 Å². The van der Waals surface area contributed by atoms with Gasteiger partial charge in [-0.15, -0.1) is 0 Å². The molecule has 0 bridgehead atoms. The van der Waals surface area contributed by atoms with Gasteiger partial charge in [-0.3, -0.25) is 4.90 Å². The number of hydrogen-bond donors (Lipinski definition) is 1. The molecule has 1 aliphatic carbocycles. The molecule has 0 aromatic carbocycles. The van der Waals surface area contributed by atoms with Crippen LogP contribution in [0.5, 0.6) is 0 Å². The summed E-state index contributed by atoms with van der Waals surface area (Å²) in [5.41, 5.74) is 0.450. The van der Waals surface area contributed by atoms with Crippen LogP contribution in [0.1, 0.15) is 39.5 Å². The summed E-state index contributed by atoms with van der Waals surface area (Å²) in [5, 5.41) is 3.57. The van der Waals surface area contributed by atoms with Crippen LogP contribution in [0.15, 0.2) is 0 Å². The molecule has 0 saturated heterocycles. The SMILES string of the molecule is CCNCC1(CN(CCOC)C(C)COC)CCCC1. The van der Waals surface area contributed by atoms with Crippen molar-refractivity contribution in [2.75, 3.05) is 53.6 Å². The van der Waals surface area contributed by atoms with Gasteiger partial charge in [0.05, 0.1) is 13.2 Å². The van der Waals surface area contributed by atoms with Crippen LogP contribution >= 0.6 is 0 Å². The lowest BCUT2D eigenvalue weighted by Gasteiger charge is -2.38. The fraction of sp³-hybridized carbons (Fsp3) is 1.00. The Balaban J connectivity index is 2.62. The summed E-state index contributed by atoms with van der Waals surface area (Å²) in [5.74, 6) is 0. The Bertz CT molecular complexity index is 243. The van der Waals surface area contributed by atoms with Crippen LogP contribution in [0.3, 0.4) is 0 Å². The lowest BCUT2D eigenvalue weighted by Crippen LogP contribution is -2.48. The predicted octanol–water partition coefficient (Wildman–Crippen LogP) is 2.14. The summed E-state index contributed by atoms with van der Waals surface area (Å²) in [4.78, 5) is 2.55. The van der Waals surface area contributed by atoms with Crippen molar-refractivity contribution in [3.63, 3.8) is 0 Å². The molecule has 1 unspecified atom stereocenters. The smallest absolute Gasteiger partial charge is 0.0615 e. The summed E-state index contributed by atoms with van der Waals surface area (Å²) in [6.45, 7) is 10.4. The van der Waals surface area contributed by atoms with E-state index in [-0.39, 0.29) is 0 Å². The van der Waals surface area contributed by atoms with Crippen LogP contribution in [-0.2, 0) is 9.47 Å². The number of nitrogens with zero attached hydrogens (tertiary/aromatic N) is 1. The summed E-state index contributed by atoms with van der Waals surface area (Å²) >= 11 is 0. The average molecular weight is 286 g/mol. The molecule has 0 aromatic heterocycles. The highest BCUT2D eigenvalue weighted by molar-refractivity contribution is 4.90. The second kappa shape index (κ2) is 9.72. The van der Waals surface area contributed by atoms with Gasteiger partial charge >= 0.3 is 0 Å². The van der Waals surface area contributed by atoms with Gasteiger partial charge in [0.25, 0.3) is 0 Å². The molecule has 1 fully saturated rings. The average Bonchev–Trinajstić information content (AvgIpc) is 2.90. The van der Waals surface area contributed by atoms with Gasteiger partial charge in [0.2, 0.25) is 0 Å². The van der Waals surface area contributed by atoms with E-state index in [1.54, 1.807) is 14.2 Å². The van der Waals surface area contributed by atoms with Gasteiger partial charge in [0, 0.05) is 39.9 Å². The van der Waals surface area contributed by atoms with Gasteiger partial charge in [-0.25, -0.2) is 0 Å². The van der Waals surface area contributed by atoms with E-state index in [0.717, 1.165) is 39.4 Å². The minimum atomic E-state index is 0.450. The molecular weight excluding hydrogens is 252 g/mol. The van der Waals surface area contributed by atoms with E-state index < -0.39 is 0 Å². The van der Waals surface area contributed by atoms with Crippen molar-refractivity contribution in [3.8, 4) is 0 Å². The van der Waals surface area contributed by atoms with E-state index in [9.17, 15) is 0 Å². The van der Waals surface area contributed by atoms with E-state index >= 15 is 0 Å². The predicted molar refractivity (Wildman–Crippen MR) is 84.2 cm³/mol. The fourth-order valence-electron chi connectivity index (χ4n) is 3.35. The number of methoxy groups -OCH3 is 2. The van der Waals surface area contributed by atoms with Gasteiger partial charge in [0.1, 0.15) is 0 Å². The van der Waals surface area contributed by atoms with Gasteiger partial charge in [0.15, 0.2) is 0 Å². The van der Waals surface area contributed by atoms with Crippen molar-refractivity contribution in [1.82, 2.24) is 10.2 Å². The first kappa shape index (κ1) is 17.9. The van der Waals surface area contributed by atoms with Crippen molar-refractivity contribution in [3.05, 3.63) is 0 Å². The van der Waals surface area contributed by atoms with Crippen molar-refractivity contribution in [1.29, 1.82) is 0 Å². The zero-order chi connectivity index (χ0) is 14.8. The van der Waals surface area contributed by atoms with Gasteiger partial charge in [-0.05, 0) is 31.7 Å². The molecule has 0 amide bonds. The maximum atomic E-state index is 5.34. The van der Waals surface area contributed by atoms with Crippen molar-refractivity contribution in [2.45, 2.75) is 45.6 Å². The molecule has 1 rings (SSSR count). The third-order valence-corrected chi connectivity index (χ3v) is 4.57. The quantitative estimate of drug-likeness (QED) is 0.631. The number of rotatable bonds is 11. The van der Waals surface area contributed by atoms with Crippen molar-refractivity contribution >= 4 is 0 Å². The molecule has 0 spiro atoms. The van der Waals surface area contributed by atoms with E-state index in [1.807, 2.05) is 0 Å². The van der Waals surface area contributed by atoms with Crippen LogP contribution in [0.4, 0.5) is 0 Å². The molecule has 120 valence electrons. The van der Waals surface area contributed by atoms with Crippen LogP contribution in [0, 0.1) is 5.41 Å². The molecule has 1 saturated carbocycles. The number of ether oxygens (including phenoxy) is 2. The lowest BCUT2D eigenvalue weighted by molar-refractivity contribution is 0.0439. The lowest BCUT2D eigenvalue weighted by atomic mass is 9.85. The number of nitrogens with one attached hydrogen (secondary N) is 1. The van der Waals surface area contributed by atoms with Crippen molar-refractivity contribution < 1.29 is 9.47 Å². The maximum Gasteiger partial charge on any atom is 0.0615 e.